The normalized spacial score (nSPS) is 13.5. The summed E-state index contributed by atoms with van der Waals surface area (Å²) in [5, 5.41) is 17.7. The van der Waals surface area contributed by atoms with Crippen molar-refractivity contribution in [3.8, 4) is 0 Å². The van der Waals surface area contributed by atoms with Crippen LogP contribution in [0.25, 0.3) is 21.3 Å². The van der Waals surface area contributed by atoms with E-state index in [1.165, 1.54) is 25.7 Å². The molecule has 0 fully saturated rings. The van der Waals surface area contributed by atoms with Gasteiger partial charge < -0.3 is 30.9 Å². The smallest absolute Gasteiger partial charge is 0.681 e. The summed E-state index contributed by atoms with van der Waals surface area (Å²) in [6.07, 6.45) is 9.94. The second kappa shape index (κ2) is 35.3. The van der Waals surface area contributed by atoms with Crippen molar-refractivity contribution in [1.82, 2.24) is 0 Å². The summed E-state index contributed by atoms with van der Waals surface area (Å²) in [6.45, 7) is 19.6. The van der Waals surface area contributed by atoms with Crippen LogP contribution in [0.2, 0.25) is 0 Å². The predicted molar refractivity (Wildman–Crippen MR) is 125 cm³/mol. The second-order valence-corrected chi connectivity index (χ2v) is 6.57. The van der Waals surface area contributed by atoms with Gasteiger partial charge in [-0.1, -0.05) is 92.9 Å². The summed E-state index contributed by atoms with van der Waals surface area (Å²) in [4.78, 5) is 15.5. The maximum atomic E-state index is 7.75. The van der Waals surface area contributed by atoms with Crippen LogP contribution < -0.4 is 0 Å². The van der Waals surface area contributed by atoms with E-state index in [-0.39, 0.29) is 31.8 Å². The van der Waals surface area contributed by atoms with Gasteiger partial charge in [-0.2, -0.15) is 14.1 Å². The molecule has 0 spiro atoms. The van der Waals surface area contributed by atoms with Crippen LogP contribution in [0.15, 0.2) is 0 Å². The van der Waals surface area contributed by atoms with E-state index in [1.807, 2.05) is 14.1 Å². The van der Waals surface area contributed by atoms with Crippen molar-refractivity contribution in [1.29, 1.82) is 0 Å². The Balaban J connectivity index is -0.000000109. The summed E-state index contributed by atoms with van der Waals surface area (Å²) in [7, 11) is 3.73. The number of hydrogen-bond acceptors (Lipinski definition) is 2. The SMILES string of the molecule is CCCCC([N-]C)[N-]C(C)CC.CCCCC([N-]C)[N-]C(C)CC.[CH-]=O.[CH-]=O.[Ru+6]. The van der Waals surface area contributed by atoms with E-state index in [0.29, 0.717) is 12.1 Å². The van der Waals surface area contributed by atoms with Crippen LogP contribution in [0.1, 0.15) is 92.9 Å². The maximum absolute atomic E-state index is 7.75. The predicted octanol–water partition coefficient (Wildman–Crippen LogP) is 6.81. The minimum absolute atomic E-state index is 0. The molecule has 0 N–H and O–H groups in total. The molecule has 7 heteroatoms. The standard InChI is InChI=1S/2C10H22N2.2CHO.Ru/c2*1-5-7-8-10(11-4)12-9(3)6-2;2*1-2;/h2*9-10H,5-8H2,1-4H3;2*1H;/q2*-2;2*-1;+6. The molecule has 0 rings (SSSR count). The van der Waals surface area contributed by atoms with E-state index < -0.39 is 0 Å². The third-order valence-electron chi connectivity index (χ3n) is 4.26. The fourth-order valence-corrected chi connectivity index (χ4v) is 2.11. The van der Waals surface area contributed by atoms with Gasteiger partial charge in [0.2, 0.25) is 0 Å². The quantitative estimate of drug-likeness (QED) is 0.149. The van der Waals surface area contributed by atoms with Crippen molar-refractivity contribution in [3.63, 3.8) is 0 Å². The van der Waals surface area contributed by atoms with E-state index in [9.17, 15) is 0 Å². The van der Waals surface area contributed by atoms with Gasteiger partial charge in [0.05, 0.1) is 0 Å². The first-order chi connectivity index (χ1) is 13.5. The summed E-state index contributed by atoms with van der Waals surface area (Å²) in [5.41, 5.74) is 0. The van der Waals surface area contributed by atoms with Crippen LogP contribution in [0.4, 0.5) is 0 Å². The molecule has 174 valence electrons. The largest absolute Gasteiger partial charge is 6.00 e. The molecular formula is C22H46N4O2Ru. The first kappa shape index (κ1) is 39.3. The van der Waals surface area contributed by atoms with Crippen molar-refractivity contribution in [2.45, 2.75) is 117 Å². The van der Waals surface area contributed by atoms with Gasteiger partial charge in [-0.3, -0.25) is 13.6 Å². The molecule has 0 aliphatic carbocycles. The van der Waals surface area contributed by atoms with Crippen LogP contribution in [0.5, 0.6) is 0 Å². The molecule has 0 aromatic heterocycles. The van der Waals surface area contributed by atoms with Gasteiger partial charge in [0.25, 0.3) is 0 Å². The Morgan fingerprint density at radius 2 is 0.931 bits per heavy atom. The fourth-order valence-electron chi connectivity index (χ4n) is 2.11. The third kappa shape index (κ3) is 32.7. The average Bonchev–Trinajstić information content (AvgIpc) is 2.76. The topological polar surface area (TPSA) is 90.5 Å². The molecule has 4 unspecified atom stereocenters. The monoisotopic (exact) mass is 500 g/mol. The molecule has 0 bridgehead atoms. The van der Waals surface area contributed by atoms with Gasteiger partial charge in [-0.25, -0.2) is 12.3 Å². The van der Waals surface area contributed by atoms with Crippen molar-refractivity contribution >= 4 is 13.6 Å². The second-order valence-electron chi connectivity index (χ2n) is 6.57. The van der Waals surface area contributed by atoms with Crippen LogP contribution in [-0.4, -0.2) is 52.1 Å². The summed E-state index contributed by atoms with van der Waals surface area (Å²) < 4.78 is 0. The van der Waals surface area contributed by atoms with Crippen molar-refractivity contribution in [3.05, 3.63) is 21.3 Å². The maximum Gasteiger partial charge on any atom is 6.00 e. The summed E-state index contributed by atoms with van der Waals surface area (Å²) in [5.74, 6) is 0. The molecule has 0 heterocycles. The van der Waals surface area contributed by atoms with Crippen molar-refractivity contribution < 1.29 is 29.1 Å². The van der Waals surface area contributed by atoms with E-state index in [0.717, 1.165) is 25.7 Å². The molecule has 0 amide bonds. The van der Waals surface area contributed by atoms with E-state index in [1.54, 1.807) is 0 Å². The van der Waals surface area contributed by atoms with Crippen molar-refractivity contribution in [2.75, 3.05) is 14.1 Å². The first-order valence-corrected chi connectivity index (χ1v) is 10.5. The number of nitrogens with zero attached hydrogens (tertiary/aromatic N) is 4. The molecule has 0 aromatic carbocycles. The Morgan fingerprint density at radius 1 is 0.655 bits per heavy atom. The minimum atomic E-state index is 0. The Morgan fingerprint density at radius 3 is 1.10 bits per heavy atom. The molecule has 0 aliphatic rings. The minimum Gasteiger partial charge on any atom is -0.681 e. The zero-order valence-electron chi connectivity index (χ0n) is 20.1. The molecule has 4 atom stereocenters. The average molecular weight is 500 g/mol. The Kier molecular flexibility index (Phi) is 47.8. The Bertz CT molecular complexity index is 251. The molecule has 6 nitrogen and oxygen atoms in total. The zero-order valence-corrected chi connectivity index (χ0v) is 21.8. The molecule has 0 aliphatic heterocycles. The fraction of sp³-hybridized carbons (Fsp3) is 0.909. The van der Waals surface area contributed by atoms with Gasteiger partial charge in [0.15, 0.2) is 0 Å². The molecule has 0 radical (unpaired) electrons. The first-order valence-electron chi connectivity index (χ1n) is 10.5. The van der Waals surface area contributed by atoms with E-state index >= 15 is 0 Å². The zero-order chi connectivity index (χ0) is 22.8. The van der Waals surface area contributed by atoms with Crippen molar-refractivity contribution in [2.24, 2.45) is 0 Å². The number of unbranched alkanes of at least 4 members (excludes halogenated alkanes) is 2. The van der Waals surface area contributed by atoms with Gasteiger partial charge in [0.1, 0.15) is 0 Å². The van der Waals surface area contributed by atoms with Gasteiger partial charge in [-0.05, 0) is 0 Å². The van der Waals surface area contributed by atoms with E-state index in [2.05, 4.69) is 76.4 Å². The van der Waals surface area contributed by atoms with Gasteiger partial charge in [0, 0.05) is 0 Å². The van der Waals surface area contributed by atoms with Gasteiger partial charge in [-0.15, -0.1) is 12.1 Å². The van der Waals surface area contributed by atoms with Crippen LogP contribution in [0.3, 0.4) is 0 Å². The van der Waals surface area contributed by atoms with Crippen LogP contribution in [0, 0.1) is 0 Å². The number of hydrogen-bond donors (Lipinski definition) is 0. The molecule has 0 saturated heterocycles. The van der Waals surface area contributed by atoms with Crippen LogP contribution in [-0.2, 0) is 29.1 Å². The van der Waals surface area contributed by atoms with E-state index in [4.69, 9.17) is 9.59 Å². The number of rotatable bonds is 14. The molecule has 29 heavy (non-hydrogen) atoms. The van der Waals surface area contributed by atoms with Gasteiger partial charge >= 0.3 is 19.5 Å². The summed E-state index contributed by atoms with van der Waals surface area (Å²) in [6, 6.07) is 0.936. The number of carbonyl (C=O) groups excluding carboxylic acids is 2. The summed E-state index contributed by atoms with van der Waals surface area (Å²) >= 11 is 0. The van der Waals surface area contributed by atoms with Crippen LogP contribution >= 0.6 is 0 Å². The molecule has 0 aromatic rings. The molecule has 0 saturated carbocycles. The molecular weight excluding hydrogens is 453 g/mol. The Labute approximate surface area is 195 Å². The Hall–Kier alpha value is -0.197. The third-order valence-corrected chi connectivity index (χ3v) is 4.26.